The van der Waals surface area contributed by atoms with Crippen molar-refractivity contribution in [1.29, 1.82) is 0 Å². The first kappa shape index (κ1) is 63.1. The van der Waals surface area contributed by atoms with Crippen molar-refractivity contribution in [3.8, 4) is 0 Å². The molecule has 0 saturated carbocycles. The number of unbranched alkanes of at least 4 members (excludes halogenated alkanes) is 40. The number of carbonyl (C=O) groups excluding carboxylic acids is 2. The summed E-state index contributed by atoms with van der Waals surface area (Å²) in [6.07, 6.45) is 72.7. The second kappa shape index (κ2) is 56.4. The number of ether oxygens (including phenoxy) is 2. The highest BCUT2D eigenvalue weighted by molar-refractivity contribution is 5.70. The summed E-state index contributed by atoms with van der Waals surface area (Å²) in [5.74, 6) is -0.572. The van der Waals surface area contributed by atoms with Crippen LogP contribution in [0.4, 0.5) is 0 Å². The molecule has 0 aliphatic carbocycles. The maximum absolute atomic E-state index is 12.3. The van der Waals surface area contributed by atoms with Crippen molar-refractivity contribution in [3.05, 3.63) is 36.5 Å². The maximum atomic E-state index is 12.3. The molecular weight excluding hydrogens is 801 g/mol. The van der Waals surface area contributed by atoms with Crippen LogP contribution in [0, 0.1) is 0 Å². The Morgan fingerprint density at radius 3 is 0.923 bits per heavy atom. The highest BCUT2D eigenvalue weighted by Crippen LogP contribution is 2.17. The molecule has 382 valence electrons. The minimum absolute atomic E-state index is 0.0600. The first-order valence-electron chi connectivity index (χ1n) is 29.0. The van der Waals surface area contributed by atoms with E-state index in [0.717, 1.165) is 44.9 Å². The van der Waals surface area contributed by atoms with Gasteiger partial charge in [-0.05, 0) is 51.4 Å². The van der Waals surface area contributed by atoms with E-state index in [4.69, 9.17) is 9.47 Å². The van der Waals surface area contributed by atoms with Crippen LogP contribution in [0.1, 0.15) is 316 Å². The van der Waals surface area contributed by atoms with Gasteiger partial charge in [-0.1, -0.05) is 288 Å². The summed E-state index contributed by atoms with van der Waals surface area (Å²) in [5, 5.41) is 9.65. The molecule has 1 unspecified atom stereocenters. The molecule has 0 aromatic rings. The summed E-state index contributed by atoms with van der Waals surface area (Å²) >= 11 is 0. The Balaban J connectivity index is 3.43. The molecule has 1 atom stereocenters. The Hall–Kier alpha value is -1.88. The number of aliphatic hydroxyl groups excluding tert-OH is 1. The van der Waals surface area contributed by atoms with Gasteiger partial charge >= 0.3 is 11.9 Å². The lowest BCUT2D eigenvalue weighted by atomic mass is 10.0. The maximum Gasteiger partial charge on any atom is 0.306 e. The van der Waals surface area contributed by atoms with Crippen molar-refractivity contribution >= 4 is 11.9 Å². The van der Waals surface area contributed by atoms with Gasteiger partial charge in [0, 0.05) is 12.8 Å². The molecule has 65 heavy (non-hydrogen) atoms. The van der Waals surface area contributed by atoms with E-state index in [-0.39, 0.29) is 25.2 Å². The van der Waals surface area contributed by atoms with E-state index in [9.17, 15) is 14.7 Å². The number of hydrogen-bond acceptors (Lipinski definition) is 5. The van der Waals surface area contributed by atoms with Gasteiger partial charge in [0.25, 0.3) is 0 Å². The highest BCUT2D eigenvalue weighted by Gasteiger charge is 2.16. The fraction of sp³-hybridized carbons (Fsp3) is 0.867. The van der Waals surface area contributed by atoms with Crippen molar-refractivity contribution in [2.24, 2.45) is 0 Å². The van der Waals surface area contributed by atoms with Crippen LogP contribution >= 0.6 is 0 Å². The third kappa shape index (κ3) is 54.6. The minimum atomic E-state index is -0.769. The van der Waals surface area contributed by atoms with Crippen LogP contribution in [-0.4, -0.2) is 36.4 Å². The lowest BCUT2D eigenvalue weighted by molar-refractivity contribution is -0.161. The number of hydrogen-bond donors (Lipinski definition) is 1. The zero-order valence-corrected chi connectivity index (χ0v) is 43.8. The Labute approximate surface area is 406 Å². The molecule has 0 fully saturated rings. The summed E-state index contributed by atoms with van der Waals surface area (Å²) in [6.45, 7) is 4.18. The van der Waals surface area contributed by atoms with E-state index in [2.05, 4.69) is 50.3 Å². The molecule has 0 rings (SSSR count). The zero-order chi connectivity index (χ0) is 47.0. The molecule has 0 radical (unpaired) electrons. The van der Waals surface area contributed by atoms with Crippen molar-refractivity contribution in [2.75, 3.05) is 13.2 Å². The zero-order valence-electron chi connectivity index (χ0n) is 43.8. The number of rotatable bonds is 54. The summed E-state index contributed by atoms with van der Waals surface area (Å²) < 4.78 is 10.7. The normalized spacial score (nSPS) is 12.4. The van der Waals surface area contributed by atoms with Gasteiger partial charge in [-0.25, -0.2) is 0 Å². The van der Waals surface area contributed by atoms with Crippen LogP contribution in [0.25, 0.3) is 0 Å². The average molecular weight is 914 g/mol. The smallest absolute Gasteiger partial charge is 0.306 e. The van der Waals surface area contributed by atoms with Gasteiger partial charge in [0.2, 0.25) is 0 Å². The van der Waals surface area contributed by atoms with Crippen LogP contribution in [0.2, 0.25) is 0 Å². The predicted molar refractivity (Wildman–Crippen MR) is 284 cm³/mol. The van der Waals surface area contributed by atoms with Crippen LogP contribution in [0.15, 0.2) is 36.5 Å². The molecule has 0 spiro atoms. The van der Waals surface area contributed by atoms with Gasteiger partial charge < -0.3 is 14.6 Å². The molecule has 0 amide bonds. The lowest BCUT2D eigenvalue weighted by Gasteiger charge is -2.15. The first-order valence-corrected chi connectivity index (χ1v) is 29.0. The second-order valence-corrected chi connectivity index (χ2v) is 19.7. The van der Waals surface area contributed by atoms with Gasteiger partial charge in [0.05, 0.1) is 6.61 Å². The third-order valence-electron chi connectivity index (χ3n) is 13.2. The third-order valence-corrected chi connectivity index (χ3v) is 13.2. The van der Waals surface area contributed by atoms with Crippen LogP contribution in [0.3, 0.4) is 0 Å². The van der Waals surface area contributed by atoms with E-state index in [1.54, 1.807) is 0 Å². The summed E-state index contributed by atoms with van der Waals surface area (Å²) in [4.78, 5) is 24.5. The first-order chi connectivity index (χ1) is 32.1. The summed E-state index contributed by atoms with van der Waals surface area (Å²) in [5.41, 5.74) is 0. The van der Waals surface area contributed by atoms with Gasteiger partial charge in [-0.15, -0.1) is 0 Å². The molecule has 0 heterocycles. The molecule has 0 aromatic carbocycles. The lowest BCUT2D eigenvalue weighted by Crippen LogP contribution is -2.28. The molecule has 5 nitrogen and oxygen atoms in total. The number of aliphatic hydroxyl groups is 1. The Morgan fingerprint density at radius 2 is 0.615 bits per heavy atom. The average Bonchev–Trinajstić information content (AvgIpc) is 3.31. The number of allylic oxidation sites excluding steroid dienone is 6. The van der Waals surface area contributed by atoms with Crippen LogP contribution < -0.4 is 0 Å². The Morgan fingerprint density at radius 1 is 0.354 bits per heavy atom. The van der Waals surface area contributed by atoms with Crippen molar-refractivity contribution < 1.29 is 24.2 Å². The number of esters is 2. The van der Waals surface area contributed by atoms with E-state index >= 15 is 0 Å². The molecule has 0 aliphatic heterocycles. The van der Waals surface area contributed by atoms with Gasteiger partial charge in [-0.2, -0.15) is 0 Å². The molecular formula is C60H112O5. The largest absolute Gasteiger partial charge is 0.462 e. The topological polar surface area (TPSA) is 72.8 Å². The fourth-order valence-corrected chi connectivity index (χ4v) is 8.80. The summed E-state index contributed by atoms with van der Waals surface area (Å²) in [7, 11) is 0. The molecule has 5 heteroatoms. The van der Waals surface area contributed by atoms with Gasteiger partial charge in [0.1, 0.15) is 6.61 Å². The molecule has 0 saturated heterocycles. The molecule has 0 aliphatic rings. The van der Waals surface area contributed by atoms with Crippen LogP contribution in [0.5, 0.6) is 0 Å². The monoisotopic (exact) mass is 913 g/mol. The van der Waals surface area contributed by atoms with E-state index in [1.165, 1.54) is 244 Å². The van der Waals surface area contributed by atoms with Crippen molar-refractivity contribution in [3.63, 3.8) is 0 Å². The quantitative estimate of drug-likeness (QED) is 0.0374. The predicted octanol–water partition coefficient (Wildman–Crippen LogP) is 19.5. The number of carbonyl (C=O) groups is 2. The molecule has 0 aromatic heterocycles. The van der Waals surface area contributed by atoms with Crippen LogP contribution in [-0.2, 0) is 19.1 Å². The van der Waals surface area contributed by atoms with Gasteiger partial charge in [0.15, 0.2) is 6.10 Å². The fourth-order valence-electron chi connectivity index (χ4n) is 8.80. The van der Waals surface area contributed by atoms with E-state index in [0.29, 0.717) is 12.8 Å². The van der Waals surface area contributed by atoms with E-state index in [1.807, 2.05) is 0 Å². The standard InChI is InChI=1S/C60H112O5/c1-3-5-7-9-11-13-15-17-19-21-23-25-26-27-28-29-30-31-32-33-34-35-37-39-41-43-45-47-49-51-53-55-60(63)65-58(56-61)57-64-59(62)54-52-50-48-46-44-42-40-38-36-24-22-20-18-16-14-12-10-8-6-4-2/h15,17,21,23,26-27,58,61H,3-14,16,18-20,22,24-25,28-57H2,1-2H3/b17-15-,23-21-,27-26-. The van der Waals surface area contributed by atoms with E-state index < -0.39 is 6.10 Å². The van der Waals surface area contributed by atoms with Crippen molar-refractivity contribution in [2.45, 2.75) is 322 Å². The SMILES string of the molecule is CCCCCCC/C=C\C/C=C\C/C=C\CCCCCCCCCCCCCCCCCCC(=O)OC(CO)COC(=O)CCCCCCCCCCCCCCCCCCCCCC. The van der Waals surface area contributed by atoms with Crippen molar-refractivity contribution in [1.82, 2.24) is 0 Å². The van der Waals surface area contributed by atoms with Gasteiger partial charge in [-0.3, -0.25) is 9.59 Å². The molecule has 0 bridgehead atoms. The Kier molecular flexibility index (Phi) is 54.8. The molecule has 1 N–H and O–H groups in total. The minimum Gasteiger partial charge on any atom is -0.462 e. The highest BCUT2D eigenvalue weighted by atomic mass is 16.6. The summed E-state index contributed by atoms with van der Waals surface area (Å²) in [6, 6.07) is 0. The Bertz CT molecular complexity index is 1030. The second-order valence-electron chi connectivity index (χ2n) is 19.7.